The monoisotopic (exact) mass is 202 g/mol. The summed E-state index contributed by atoms with van der Waals surface area (Å²) in [5, 5.41) is 0. The summed E-state index contributed by atoms with van der Waals surface area (Å²) in [6.07, 6.45) is 1.48. The molecule has 0 N–H and O–H groups in total. The normalized spacial score (nSPS) is 9.80. The summed E-state index contributed by atoms with van der Waals surface area (Å²) in [5.74, 6) is 0.233. The van der Waals surface area contributed by atoms with Gasteiger partial charge in [0, 0.05) is 12.0 Å². The number of allylic oxidation sites excluding steroid dienone is 2. The molecule has 0 aliphatic rings. The predicted molar refractivity (Wildman–Crippen MR) is 64.1 cm³/mol. The van der Waals surface area contributed by atoms with Gasteiger partial charge in [0.1, 0.15) is 0 Å². The molecule has 1 aromatic rings. The van der Waals surface area contributed by atoms with Crippen LogP contribution >= 0.6 is 0 Å². The van der Waals surface area contributed by atoms with Gasteiger partial charge >= 0.3 is 0 Å². The lowest BCUT2D eigenvalue weighted by Gasteiger charge is -2.03. The van der Waals surface area contributed by atoms with Crippen LogP contribution in [-0.2, 0) is 0 Å². The number of hydrogen-bond donors (Lipinski definition) is 0. The molecule has 0 unspecified atom stereocenters. The quantitative estimate of drug-likeness (QED) is 0.532. The zero-order valence-electron chi connectivity index (χ0n) is 9.71. The number of benzene rings is 1. The Morgan fingerprint density at radius 3 is 2.13 bits per heavy atom. The van der Waals surface area contributed by atoms with Crippen LogP contribution < -0.4 is 0 Å². The van der Waals surface area contributed by atoms with Crippen LogP contribution in [0.2, 0.25) is 0 Å². The Hall–Kier alpha value is -1.37. The van der Waals surface area contributed by atoms with Gasteiger partial charge in [-0.2, -0.15) is 0 Å². The van der Waals surface area contributed by atoms with Crippen molar-refractivity contribution in [3.63, 3.8) is 0 Å². The molecule has 80 valence electrons. The molecule has 1 rings (SSSR count). The van der Waals surface area contributed by atoms with Crippen LogP contribution in [0.4, 0.5) is 0 Å². The molecular weight excluding hydrogens is 184 g/mol. The highest BCUT2D eigenvalue weighted by Gasteiger charge is 2.04. The number of Topliss-reactive ketones (excluding diaryl/α,β-unsaturated/α-hetero) is 1. The molecule has 0 saturated carbocycles. The fraction of sp³-hybridized carbons (Fsp3) is 0.357. The summed E-state index contributed by atoms with van der Waals surface area (Å²) >= 11 is 0. The Bertz CT molecular complexity index is 356. The molecule has 0 radical (unpaired) electrons. The molecule has 0 spiro atoms. The third kappa shape index (κ3) is 3.70. The second kappa shape index (κ2) is 5.50. The van der Waals surface area contributed by atoms with Crippen molar-refractivity contribution in [1.82, 2.24) is 0 Å². The molecule has 0 atom stereocenters. The number of carbonyl (C=O) groups excluding carboxylic acids is 1. The maximum atomic E-state index is 11.7. The molecule has 0 bridgehead atoms. The lowest BCUT2D eigenvalue weighted by Crippen LogP contribution is -1.99. The summed E-state index contributed by atoms with van der Waals surface area (Å²) in [7, 11) is 0. The number of ketones is 1. The minimum absolute atomic E-state index is 0.233. The minimum atomic E-state index is 0.233. The Labute approximate surface area is 91.8 Å². The van der Waals surface area contributed by atoms with E-state index in [1.165, 1.54) is 11.1 Å². The van der Waals surface area contributed by atoms with E-state index in [1.54, 1.807) is 0 Å². The largest absolute Gasteiger partial charge is 0.294 e. The fourth-order valence-electron chi connectivity index (χ4n) is 1.32. The molecule has 15 heavy (non-hydrogen) atoms. The van der Waals surface area contributed by atoms with E-state index in [1.807, 2.05) is 30.3 Å². The van der Waals surface area contributed by atoms with Crippen LogP contribution in [-0.4, -0.2) is 5.78 Å². The van der Waals surface area contributed by atoms with Crippen LogP contribution in [0.3, 0.4) is 0 Å². The number of hydrogen-bond acceptors (Lipinski definition) is 1. The highest BCUT2D eigenvalue weighted by molar-refractivity contribution is 5.96. The van der Waals surface area contributed by atoms with Crippen molar-refractivity contribution >= 4 is 5.78 Å². The van der Waals surface area contributed by atoms with E-state index >= 15 is 0 Å². The molecular formula is C14H18O. The van der Waals surface area contributed by atoms with Gasteiger partial charge in [0.2, 0.25) is 0 Å². The van der Waals surface area contributed by atoms with Crippen LogP contribution in [0.25, 0.3) is 0 Å². The van der Waals surface area contributed by atoms with Crippen molar-refractivity contribution in [3.8, 4) is 0 Å². The van der Waals surface area contributed by atoms with E-state index in [0.717, 1.165) is 12.0 Å². The molecule has 0 saturated heterocycles. The van der Waals surface area contributed by atoms with Crippen molar-refractivity contribution in [2.45, 2.75) is 33.6 Å². The first-order valence-electron chi connectivity index (χ1n) is 5.32. The topological polar surface area (TPSA) is 17.1 Å². The lowest BCUT2D eigenvalue weighted by molar-refractivity contribution is 0.0983. The zero-order chi connectivity index (χ0) is 11.3. The maximum absolute atomic E-state index is 11.7. The molecule has 0 aliphatic heterocycles. The van der Waals surface area contributed by atoms with Gasteiger partial charge in [-0.05, 0) is 27.2 Å². The Kier molecular flexibility index (Phi) is 4.29. The van der Waals surface area contributed by atoms with Crippen LogP contribution in [0.15, 0.2) is 41.5 Å². The first-order chi connectivity index (χ1) is 7.11. The van der Waals surface area contributed by atoms with Crippen molar-refractivity contribution in [2.24, 2.45) is 0 Å². The summed E-state index contributed by atoms with van der Waals surface area (Å²) in [6.45, 7) is 6.26. The first-order valence-corrected chi connectivity index (χ1v) is 5.32. The van der Waals surface area contributed by atoms with Gasteiger partial charge < -0.3 is 0 Å². The molecule has 1 heteroatoms. The first kappa shape index (κ1) is 11.7. The molecule has 1 aromatic carbocycles. The Morgan fingerprint density at radius 2 is 1.60 bits per heavy atom. The third-order valence-electron chi connectivity index (χ3n) is 2.68. The fourth-order valence-corrected chi connectivity index (χ4v) is 1.32. The number of carbonyl (C=O) groups is 1. The second-order valence-electron chi connectivity index (χ2n) is 4.07. The average Bonchev–Trinajstić information content (AvgIpc) is 2.26. The Morgan fingerprint density at radius 1 is 1.00 bits per heavy atom. The average molecular weight is 202 g/mol. The molecule has 0 aromatic heterocycles. The standard InChI is InChI=1S/C14H18O/c1-11(2)12(3)9-10-14(15)13-7-5-4-6-8-13/h4-8H,9-10H2,1-3H3. The van der Waals surface area contributed by atoms with E-state index in [-0.39, 0.29) is 5.78 Å². The smallest absolute Gasteiger partial charge is 0.163 e. The highest BCUT2D eigenvalue weighted by Crippen LogP contribution is 2.12. The second-order valence-corrected chi connectivity index (χ2v) is 4.07. The van der Waals surface area contributed by atoms with E-state index in [2.05, 4.69) is 20.8 Å². The van der Waals surface area contributed by atoms with Gasteiger partial charge in [0.05, 0.1) is 0 Å². The summed E-state index contributed by atoms with van der Waals surface area (Å²) < 4.78 is 0. The van der Waals surface area contributed by atoms with Crippen LogP contribution in [0.5, 0.6) is 0 Å². The van der Waals surface area contributed by atoms with Gasteiger partial charge in [0.15, 0.2) is 5.78 Å². The lowest BCUT2D eigenvalue weighted by atomic mass is 10.0. The third-order valence-corrected chi connectivity index (χ3v) is 2.68. The maximum Gasteiger partial charge on any atom is 0.163 e. The molecule has 1 nitrogen and oxygen atoms in total. The molecule has 0 aliphatic carbocycles. The van der Waals surface area contributed by atoms with Gasteiger partial charge in [-0.25, -0.2) is 0 Å². The summed E-state index contributed by atoms with van der Waals surface area (Å²) in [6, 6.07) is 9.49. The Balaban J connectivity index is 2.55. The molecule has 0 fully saturated rings. The molecule has 0 heterocycles. The van der Waals surface area contributed by atoms with Crippen molar-refractivity contribution in [1.29, 1.82) is 0 Å². The van der Waals surface area contributed by atoms with Crippen molar-refractivity contribution in [2.75, 3.05) is 0 Å². The van der Waals surface area contributed by atoms with E-state index in [0.29, 0.717) is 6.42 Å². The predicted octanol–water partition coefficient (Wildman–Crippen LogP) is 4.01. The highest BCUT2D eigenvalue weighted by atomic mass is 16.1. The van der Waals surface area contributed by atoms with Gasteiger partial charge in [-0.15, -0.1) is 0 Å². The van der Waals surface area contributed by atoms with Crippen molar-refractivity contribution in [3.05, 3.63) is 47.0 Å². The van der Waals surface area contributed by atoms with Gasteiger partial charge in [-0.3, -0.25) is 4.79 Å². The summed E-state index contributed by atoms with van der Waals surface area (Å²) in [5.41, 5.74) is 3.45. The number of rotatable bonds is 4. The SMILES string of the molecule is CC(C)=C(C)CCC(=O)c1ccccc1. The van der Waals surface area contributed by atoms with E-state index < -0.39 is 0 Å². The van der Waals surface area contributed by atoms with E-state index in [4.69, 9.17) is 0 Å². The molecule has 0 amide bonds. The van der Waals surface area contributed by atoms with Gasteiger partial charge in [0.25, 0.3) is 0 Å². The van der Waals surface area contributed by atoms with Crippen molar-refractivity contribution < 1.29 is 4.79 Å². The van der Waals surface area contributed by atoms with Crippen LogP contribution in [0, 0.1) is 0 Å². The van der Waals surface area contributed by atoms with E-state index in [9.17, 15) is 4.79 Å². The minimum Gasteiger partial charge on any atom is -0.294 e. The van der Waals surface area contributed by atoms with Crippen LogP contribution in [0.1, 0.15) is 44.0 Å². The zero-order valence-corrected chi connectivity index (χ0v) is 9.71. The van der Waals surface area contributed by atoms with Gasteiger partial charge in [-0.1, -0.05) is 41.5 Å². The summed E-state index contributed by atoms with van der Waals surface area (Å²) in [4.78, 5) is 11.7.